The Morgan fingerprint density at radius 2 is 1.71 bits per heavy atom. The zero-order valence-electron chi connectivity index (χ0n) is 15.2. The van der Waals surface area contributed by atoms with E-state index in [0.29, 0.717) is 5.92 Å². The molecule has 5 heteroatoms. The minimum atomic E-state index is -0.295. The number of carbonyl (C=O) groups is 1. The van der Waals surface area contributed by atoms with Crippen LogP contribution in [0.25, 0.3) is 0 Å². The molecule has 2 aliphatic rings. The van der Waals surface area contributed by atoms with E-state index in [1.165, 1.54) is 18.0 Å². The molecule has 3 rings (SSSR count). The van der Waals surface area contributed by atoms with Crippen LogP contribution < -0.4 is 5.32 Å². The van der Waals surface area contributed by atoms with Gasteiger partial charge in [-0.15, -0.1) is 0 Å². The van der Waals surface area contributed by atoms with E-state index in [2.05, 4.69) is 51.2 Å². The molecule has 1 N–H and O–H groups in total. The lowest BCUT2D eigenvalue weighted by Gasteiger charge is -2.32. The zero-order chi connectivity index (χ0) is 17.5. The second kappa shape index (κ2) is 6.05. The molecule has 0 spiro atoms. The van der Waals surface area contributed by atoms with Crippen molar-refractivity contribution in [2.75, 3.05) is 5.32 Å². The topological polar surface area (TPSA) is 47.6 Å². The van der Waals surface area contributed by atoms with E-state index in [-0.39, 0.29) is 24.2 Å². The van der Waals surface area contributed by atoms with Crippen molar-refractivity contribution in [2.45, 2.75) is 64.6 Å². The maximum Gasteiger partial charge on any atom is 0.490 e. The van der Waals surface area contributed by atoms with Gasteiger partial charge in [-0.05, 0) is 69.6 Å². The summed E-state index contributed by atoms with van der Waals surface area (Å²) < 4.78 is 12.3. The molecular weight excluding hydrogens is 301 g/mol. The number of carbonyl (C=O) groups excluding carboxylic acids is 1. The average Bonchev–Trinajstić information content (AvgIpc) is 3.03. The second-order valence-electron chi connectivity index (χ2n) is 7.81. The average molecular weight is 327 g/mol. The Bertz CT molecular complexity index is 648. The van der Waals surface area contributed by atoms with Crippen LogP contribution in [0.5, 0.6) is 0 Å². The lowest BCUT2D eigenvalue weighted by molar-refractivity contribution is -0.114. The first-order valence-corrected chi connectivity index (χ1v) is 8.60. The second-order valence-corrected chi connectivity index (χ2v) is 7.81. The molecule has 0 saturated carbocycles. The molecule has 24 heavy (non-hydrogen) atoms. The number of anilines is 1. The number of hydrogen-bond acceptors (Lipinski definition) is 3. The maximum absolute atomic E-state index is 11.1. The van der Waals surface area contributed by atoms with E-state index in [9.17, 15) is 4.79 Å². The summed E-state index contributed by atoms with van der Waals surface area (Å²) in [7, 11) is -0.237. The van der Waals surface area contributed by atoms with Gasteiger partial charge in [0.2, 0.25) is 5.91 Å². The van der Waals surface area contributed by atoms with Gasteiger partial charge >= 0.3 is 7.12 Å². The third-order valence-electron chi connectivity index (χ3n) is 5.41. The maximum atomic E-state index is 11.1. The molecule has 0 bridgehead atoms. The van der Waals surface area contributed by atoms with Crippen LogP contribution in [-0.4, -0.2) is 24.2 Å². The first-order valence-electron chi connectivity index (χ1n) is 8.60. The van der Waals surface area contributed by atoms with Crippen LogP contribution in [0, 0.1) is 0 Å². The lowest BCUT2D eigenvalue weighted by Crippen LogP contribution is -2.41. The molecule has 1 aliphatic carbocycles. The van der Waals surface area contributed by atoms with Gasteiger partial charge in [-0.1, -0.05) is 18.2 Å². The van der Waals surface area contributed by atoms with E-state index in [4.69, 9.17) is 9.31 Å². The summed E-state index contributed by atoms with van der Waals surface area (Å²) in [6.45, 7) is 9.86. The SMILES string of the molecule is CC(=O)Nc1ccc(C2CC=C(B3OC(C)(C)C(C)(C)O3)C2)cc1. The Labute approximate surface area is 144 Å². The molecule has 1 atom stereocenters. The molecule has 0 aromatic heterocycles. The molecule has 0 radical (unpaired) electrons. The van der Waals surface area contributed by atoms with E-state index in [1.807, 2.05) is 12.1 Å². The summed E-state index contributed by atoms with van der Waals surface area (Å²) in [5.41, 5.74) is 2.77. The molecule has 1 aliphatic heterocycles. The van der Waals surface area contributed by atoms with Gasteiger partial charge in [0.05, 0.1) is 11.2 Å². The molecule has 1 aromatic rings. The van der Waals surface area contributed by atoms with Crippen LogP contribution in [0.4, 0.5) is 5.69 Å². The molecule has 1 heterocycles. The molecule has 1 aromatic carbocycles. The van der Waals surface area contributed by atoms with Crippen LogP contribution in [0.2, 0.25) is 0 Å². The Hall–Kier alpha value is -1.59. The van der Waals surface area contributed by atoms with Crippen LogP contribution >= 0.6 is 0 Å². The monoisotopic (exact) mass is 327 g/mol. The minimum absolute atomic E-state index is 0.0478. The van der Waals surface area contributed by atoms with Gasteiger partial charge in [0.15, 0.2) is 0 Å². The van der Waals surface area contributed by atoms with Gasteiger partial charge in [-0.2, -0.15) is 0 Å². The van der Waals surface area contributed by atoms with Crippen molar-refractivity contribution < 1.29 is 14.1 Å². The molecule has 1 saturated heterocycles. The zero-order valence-corrected chi connectivity index (χ0v) is 15.2. The fourth-order valence-corrected chi connectivity index (χ4v) is 3.23. The highest BCUT2D eigenvalue weighted by molar-refractivity contribution is 6.54. The molecule has 1 amide bonds. The number of allylic oxidation sites excluding steroid dienone is 2. The third kappa shape index (κ3) is 3.28. The van der Waals surface area contributed by atoms with Crippen molar-refractivity contribution in [3.05, 3.63) is 41.4 Å². The summed E-state index contributed by atoms with van der Waals surface area (Å²) in [6, 6.07) is 8.11. The number of nitrogens with one attached hydrogen (secondary N) is 1. The highest BCUT2D eigenvalue weighted by Crippen LogP contribution is 2.43. The van der Waals surface area contributed by atoms with E-state index < -0.39 is 0 Å². The highest BCUT2D eigenvalue weighted by atomic mass is 16.7. The fraction of sp³-hybridized carbons (Fsp3) is 0.526. The summed E-state index contributed by atoms with van der Waals surface area (Å²) in [4.78, 5) is 11.1. The molecule has 4 nitrogen and oxygen atoms in total. The molecule has 1 unspecified atom stereocenters. The van der Waals surface area contributed by atoms with Crippen LogP contribution in [0.3, 0.4) is 0 Å². The summed E-state index contributed by atoms with van der Waals surface area (Å²) >= 11 is 0. The third-order valence-corrected chi connectivity index (χ3v) is 5.41. The Morgan fingerprint density at radius 3 is 2.25 bits per heavy atom. The van der Waals surface area contributed by atoms with Gasteiger partial charge in [0, 0.05) is 12.6 Å². The quantitative estimate of drug-likeness (QED) is 0.851. The van der Waals surface area contributed by atoms with Crippen molar-refractivity contribution in [3.63, 3.8) is 0 Å². The summed E-state index contributed by atoms with van der Waals surface area (Å²) in [6.07, 6.45) is 4.21. The van der Waals surface area contributed by atoms with Crippen molar-refractivity contribution in [3.8, 4) is 0 Å². The Kier molecular flexibility index (Phi) is 4.35. The molecule has 1 fully saturated rings. The van der Waals surface area contributed by atoms with Crippen molar-refractivity contribution in [1.82, 2.24) is 0 Å². The van der Waals surface area contributed by atoms with E-state index in [1.54, 1.807) is 0 Å². The van der Waals surface area contributed by atoms with Gasteiger partial charge in [0.25, 0.3) is 0 Å². The highest BCUT2D eigenvalue weighted by Gasteiger charge is 2.52. The van der Waals surface area contributed by atoms with Gasteiger partial charge in [-0.3, -0.25) is 4.79 Å². The summed E-state index contributed by atoms with van der Waals surface area (Å²) in [5.74, 6) is 0.402. The number of hydrogen-bond donors (Lipinski definition) is 1. The number of amides is 1. The minimum Gasteiger partial charge on any atom is -0.400 e. The van der Waals surface area contributed by atoms with Crippen molar-refractivity contribution in [2.24, 2.45) is 0 Å². The van der Waals surface area contributed by atoms with Gasteiger partial charge < -0.3 is 14.6 Å². The molecular formula is C19H26BNO3. The number of rotatable bonds is 3. The molecule has 128 valence electrons. The number of benzene rings is 1. The first-order chi connectivity index (χ1) is 11.2. The van der Waals surface area contributed by atoms with Crippen molar-refractivity contribution in [1.29, 1.82) is 0 Å². The van der Waals surface area contributed by atoms with E-state index >= 15 is 0 Å². The Balaban J connectivity index is 1.64. The lowest BCUT2D eigenvalue weighted by atomic mass is 9.76. The first kappa shape index (κ1) is 17.2. The van der Waals surface area contributed by atoms with Crippen LogP contribution in [-0.2, 0) is 14.1 Å². The van der Waals surface area contributed by atoms with E-state index in [0.717, 1.165) is 18.5 Å². The van der Waals surface area contributed by atoms with Crippen LogP contribution in [0.15, 0.2) is 35.8 Å². The fourth-order valence-electron chi connectivity index (χ4n) is 3.23. The smallest absolute Gasteiger partial charge is 0.400 e. The predicted molar refractivity (Wildman–Crippen MR) is 96.9 cm³/mol. The largest absolute Gasteiger partial charge is 0.490 e. The van der Waals surface area contributed by atoms with Gasteiger partial charge in [0.1, 0.15) is 0 Å². The summed E-state index contributed by atoms with van der Waals surface area (Å²) in [5, 5.41) is 2.80. The van der Waals surface area contributed by atoms with Crippen LogP contribution in [0.1, 0.15) is 58.9 Å². The predicted octanol–water partition coefficient (Wildman–Crippen LogP) is 4.08. The van der Waals surface area contributed by atoms with Crippen molar-refractivity contribution >= 4 is 18.7 Å². The normalized spacial score (nSPS) is 24.8. The Morgan fingerprint density at radius 1 is 1.12 bits per heavy atom. The standard InChI is InChI=1S/C19H26BNO3/c1-13(22)21-17-10-7-14(8-11-17)15-6-9-16(12-15)20-23-18(2,3)19(4,5)24-20/h7-11,15H,6,12H2,1-5H3,(H,21,22). The van der Waals surface area contributed by atoms with Gasteiger partial charge in [-0.25, -0.2) is 0 Å².